The molecule has 1 aliphatic rings. The fourth-order valence-corrected chi connectivity index (χ4v) is 2.19. The van der Waals surface area contributed by atoms with E-state index in [2.05, 4.69) is 22.0 Å². The van der Waals surface area contributed by atoms with Gasteiger partial charge in [0, 0.05) is 43.9 Å². The van der Waals surface area contributed by atoms with Crippen molar-refractivity contribution in [2.75, 3.05) is 20.3 Å². The second-order valence-corrected chi connectivity index (χ2v) is 4.72. The molecule has 2 rings (SSSR count). The molecule has 0 aromatic carbocycles. The summed E-state index contributed by atoms with van der Waals surface area (Å²) in [6.45, 7) is 5.83. The second kappa shape index (κ2) is 6.17. The average molecular weight is 237 g/mol. The molecule has 1 saturated carbocycles. The van der Waals surface area contributed by atoms with Gasteiger partial charge >= 0.3 is 0 Å². The van der Waals surface area contributed by atoms with Crippen molar-refractivity contribution >= 4 is 0 Å². The van der Waals surface area contributed by atoms with Crippen molar-refractivity contribution in [3.63, 3.8) is 0 Å². The zero-order valence-corrected chi connectivity index (χ0v) is 10.9. The predicted octanol–water partition coefficient (Wildman–Crippen LogP) is 1.91. The molecule has 1 aromatic rings. The van der Waals surface area contributed by atoms with Crippen molar-refractivity contribution in [3.8, 4) is 0 Å². The van der Waals surface area contributed by atoms with E-state index in [-0.39, 0.29) is 0 Å². The van der Waals surface area contributed by atoms with E-state index in [1.165, 1.54) is 24.1 Å². The first kappa shape index (κ1) is 12.6. The van der Waals surface area contributed by atoms with Crippen molar-refractivity contribution in [2.24, 2.45) is 0 Å². The van der Waals surface area contributed by atoms with Gasteiger partial charge in [0.1, 0.15) is 0 Å². The van der Waals surface area contributed by atoms with Crippen LogP contribution in [0.4, 0.5) is 0 Å². The van der Waals surface area contributed by atoms with Crippen LogP contribution in [0.2, 0.25) is 0 Å². The molecule has 0 spiro atoms. The molecule has 1 N–H and O–H groups in total. The van der Waals surface area contributed by atoms with Gasteiger partial charge in [-0.3, -0.25) is 4.68 Å². The van der Waals surface area contributed by atoms with Crippen molar-refractivity contribution < 1.29 is 4.74 Å². The van der Waals surface area contributed by atoms with Gasteiger partial charge in [-0.2, -0.15) is 5.10 Å². The quantitative estimate of drug-likeness (QED) is 0.702. The summed E-state index contributed by atoms with van der Waals surface area (Å²) in [7, 11) is 1.73. The molecule has 17 heavy (non-hydrogen) atoms. The summed E-state index contributed by atoms with van der Waals surface area (Å²) in [5.41, 5.74) is 2.84. The van der Waals surface area contributed by atoms with Crippen molar-refractivity contribution in [3.05, 3.63) is 17.5 Å². The third-order valence-corrected chi connectivity index (χ3v) is 3.16. The van der Waals surface area contributed by atoms with Crippen LogP contribution in [0.5, 0.6) is 0 Å². The summed E-state index contributed by atoms with van der Waals surface area (Å²) >= 11 is 0. The van der Waals surface area contributed by atoms with E-state index in [4.69, 9.17) is 4.74 Å². The molecule has 0 unspecified atom stereocenters. The number of nitrogens with one attached hydrogen (secondary N) is 1. The molecule has 4 heteroatoms. The Morgan fingerprint density at radius 3 is 3.00 bits per heavy atom. The number of nitrogens with zero attached hydrogens (tertiary/aromatic N) is 2. The van der Waals surface area contributed by atoms with Gasteiger partial charge in [-0.1, -0.05) is 6.92 Å². The van der Waals surface area contributed by atoms with Gasteiger partial charge in [-0.15, -0.1) is 0 Å². The van der Waals surface area contributed by atoms with E-state index in [1.807, 2.05) is 6.20 Å². The smallest absolute Gasteiger partial charge is 0.0587 e. The zero-order valence-electron chi connectivity index (χ0n) is 10.9. The SMILES string of the molecule is CCCn1ncc(CNCCOC)c1C1CC1. The Morgan fingerprint density at radius 2 is 2.35 bits per heavy atom. The largest absolute Gasteiger partial charge is 0.383 e. The molecule has 0 aliphatic heterocycles. The lowest BCUT2D eigenvalue weighted by molar-refractivity contribution is 0.199. The Morgan fingerprint density at radius 1 is 1.53 bits per heavy atom. The van der Waals surface area contributed by atoms with Gasteiger partial charge in [0.05, 0.1) is 12.8 Å². The number of hydrogen-bond donors (Lipinski definition) is 1. The number of aromatic nitrogens is 2. The number of ether oxygens (including phenoxy) is 1. The van der Waals surface area contributed by atoms with E-state index < -0.39 is 0 Å². The minimum absolute atomic E-state index is 0.766. The predicted molar refractivity (Wildman–Crippen MR) is 68.1 cm³/mol. The van der Waals surface area contributed by atoms with Gasteiger partial charge < -0.3 is 10.1 Å². The fraction of sp³-hybridized carbons (Fsp3) is 0.769. The number of methoxy groups -OCH3 is 1. The van der Waals surface area contributed by atoms with Gasteiger partial charge in [-0.05, 0) is 19.3 Å². The van der Waals surface area contributed by atoms with Crippen LogP contribution in [0, 0.1) is 0 Å². The van der Waals surface area contributed by atoms with Crippen molar-refractivity contribution in [1.29, 1.82) is 0 Å². The highest BCUT2D eigenvalue weighted by molar-refractivity contribution is 5.25. The highest BCUT2D eigenvalue weighted by Gasteiger charge is 2.29. The molecule has 0 saturated heterocycles. The number of aryl methyl sites for hydroxylation is 1. The summed E-state index contributed by atoms with van der Waals surface area (Å²) in [4.78, 5) is 0. The highest BCUT2D eigenvalue weighted by Crippen LogP contribution is 2.41. The van der Waals surface area contributed by atoms with E-state index in [1.54, 1.807) is 7.11 Å². The summed E-state index contributed by atoms with van der Waals surface area (Å²) in [5, 5.41) is 7.91. The van der Waals surface area contributed by atoms with Crippen LogP contribution in [0.25, 0.3) is 0 Å². The first-order chi connectivity index (χ1) is 8.36. The highest BCUT2D eigenvalue weighted by atomic mass is 16.5. The zero-order chi connectivity index (χ0) is 12.1. The fourth-order valence-electron chi connectivity index (χ4n) is 2.19. The van der Waals surface area contributed by atoms with Gasteiger partial charge in [0.2, 0.25) is 0 Å². The molecule has 96 valence electrons. The topological polar surface area (TPSA) is 39.1 Å². The monoisotopic (exact) mass is 237 g/mol. The standard InChI is InChI=1S/C13H23N3O/c1-3-7-16-13(11-4-5-11)12(10-15-16)9-14-6-8-17-2/h10-11,14H,3-9H2,1-2H3. The third-order valence-electron chi connectivity index (χ3n) is 3.16. The minimum Gasteiger partial charge on any atom is -0.383 e. The lowest BCUT2D eigenvalue weighted by Crippen LogP contribution is -2.19. The maximum Gasteiger partial charge on any atom is 0.0587 e. The Bertz CT molecular complexity index is 344. The molecule has 1 aliphatic carbocycles. The van der Waals surface area contributed by atoms with E-state index in [0.717, 1.165) is 38.6 Å². The van der Waals surface area contributed by atoms with Crippen LogP contribution in [0.3, 0.4) is 0 Å². The van der Waals surface area contributed by atoms with Crippen molar-refractivity contribution in [1.82, 2.24) is 15.1 Å². The van der Waals surface area contributed by atoms with Gasteiger partial charge in [-0.25, -0.2) is 0 Å². The molecule has 0 radical (unpaired) electrons. The molecule has 1 fully saturated rings. The maximum atomic E-state index is 5.03. The molecule has 1 heterocycles. The lowest BCUT2D eigenvalue weighted by Gasteiger charge is -2.08. The normalized spacial score (nSPS) is 15.4. The first-order valence-electron chi connectivity index (χ1n) is 6.61. The molecular weight excluding hydrogens is 214 g/mol. The Balaban J connectivity index is 1.95. The Kier molecular flexibility index (Phi) is 4.57. The summed E-state index contributed by atoms with van der Waals surface area (Å²) in [6, 6.07) is 0. The Hall–Kier alpha value is -0.870. The third kappa shape index (κ3) is 3.30. The van der Waals surface area contributed by atoms with Gasteiger partial charge in [0.25, 0.3) is 0 Å². The molecule has 0 atom stereocenters. The van der Waals surface area contributed by atoms with E-state index in [9.17, 15) is 0 Å². The first-order valence-corrected chi connectivity index (χ1v) is 6.61. The van der Waals surface area contributed by atoms with E-state index in [0.29, 0.717) is 0 Å². The van der Waals surface area contributed by atoms with Crippen molar-refractivity contribution in [2.45, 2.75) is 45.2 Å². The molecule has 4 nitrogen and oxygen atoms in total. The lowest BCUT2D eigenvalue weighted by atomic mass is 10.1. The van der Waals surface area contributed by atoms with Crippen LogP contribution < -0.4 is 5.32 Å². The summed E-state index contributed by atoms with van der Waals surface area (Å²) < 4.78 is 7.23. The minimum atomic E-state index is 0.766. The van der Waals surface area contributed by atoms with Crippen LogP contribution in [-0.2, 0) is 17.8 Å². The molecular formula is C13H23N3O. The number of rotatable bonds is 8. The average Bonchev–Trinajstić information content (AvgIpc) is 3.09. The molecule has 0 amide bonds. The molecule has 1 aromatic heterocycles. The summed E-state index contributed by atoms with van der Waals surface area (Å²) in [6.07, 6.45) is 5.85. The van der Waals surface area contributed by atoms with E-state index >= 15 is 0 Å². The van der Waals surface area contributed by atoms with Crippen LogP contribution in [0.1, 0.15) is 43.4 Å². The van der Waals surface area contributed by atoms with Crippen LogP contribution >= 0.6 is 0 Å². The Labute approximate surface area is 103 Å². The second-order valence-electron chi connectivity index (χ2n) is 4.72. The maximum absolute atomic E-state index is 5.03. The number of hydrogen-bond acceptors (Lipinski definition) is 3. The van der Waals surface area contributed by atoms with Gasteiger partial charge in [0.15, 0.2) is 0 Å². The van der Waals surface area contributed by atoms with Crippen LogP contribution in [-0.4, -0.2) is 30.0 Å². The summed E-state index contributed by atoms with van der Waals surface area (Å²) in [5.74, 6) is 0.767. The molecule has 0 bridgehead atoms. The van der Waals surface area contributed by atoms with Crippen LogP contribution in [0.15, 0.2) is 6.20 Å².